The van der Waals surface area contributed by atoms with Crippen LogP contribution in [0, 0.1) is 0 Å². The van der Waals surface area contributed by atoms with Crippen LogP contribution in [0.4, 0.5) is 0 Å². The highest BCUT2D eigenvalue weighted by molar-refractivity contribution is 6.11. The fourth-order valence-electron chi connectivity index (χ4n) is 2.01. The van der Waals surface area contributed by atoms with Crippen molar-refractivity contribution < 1.29 is 29.6 Å². The van der Waals surface area contributed by atoms with Gasteiger partial charge in [0.2, 0.25) is 0 Å². The monoisotopic (exact) mass is 316 g/mol. The number of carbonyl (C=O) groups is 1. The second-order valence-electron chi connectivity index (χ2n) is 4.66. The average molecular weight is 316 g/mol. The van der Waals surface area contributed by atoms with Crippen LogP contribution in [-0.4, -0.2) is 35.3 Å². The summed E-state index contributed by atoms with van der Waals surface area (Å²) in [5, 5.41) is 29.2. The number of phenols is 2. The number of hydrogen-bond donors (Lipinski definition) is 3. The van der Waals surface area contributed by atoms with Crippen molar-refractivity contribution in [3.63, 3.8) is 0 Å². The number of aliphatic hydroxyl groups excluding tert-OH is 1. The highest BCUT2D eigenvalue weighted by Gasteiger charge is 2.18. The van der Waals surface area contributed by atoms with E-state index in [1.54, 1.807) is 0 Å². The molecule has 6 nitrogen and oxygen atoms in total. The normalized spacial score (nSPS) is 11.1. The van der Waals surface area contributed by atoms with Crippen molar-refractivity contribution >= 4 is 11.5 Å². The predicted octanol–water partition coefficient (Wildman–Crippen LogP) is 2.90. The highest BCUT2D eigenvalue weighted by atomic mass is 16.5. The Balaban J connectivity index is 2.40. The number of rotatable bonds is 5. The minimum Gasteiger partial charge on any atom is -0.508 e. The summed E-state index contributed by atoms with van der Waals surface area (Å²) in [4.78, 5) is 12.3. The van der Waals surface area contributed by atoms with Gasteiger partial charge >= 0.3 is 0 Å². The van der Waals surface area contributed by atoms with Crippen LogP contribution in [0.1, 0.15) is 15.9 Å². The SMILES string of the molecule is COc1cc(O)c(C(=O)C=C(O)c2ccc(O)cc2)c(OC)c1. The van der Waals surface area contributed by atoms with E-state index in [0.29, 0.717) is 11.3 Å². The average Bonchev–Trinajstić information content (AvgIpc) is 2.54. The van der Waals surface area contributed by atoms with Gasteiger partial charge in [0.1, 0.15) is 34.3 Å². The van der Waals surface area contributed by atoms with E-state index in [-0.39, 0.29) is 28.6 Å². The minimum atomic E-state index is -0.632. The molecule has 3 N–H and O–H groups in total. The molecule has 0 heterocycles. The van der Waals surface area contributed by atoms with Gasteiger partial charge in [-0.05, 0) is 24.3 Å². The Morgan fingerprint density at radius 2 is 1.70 bits per heavy atom. The quantitative estimate of drug-likeness (QED) is 0.446. The Kier molecular flexibility index (Phi) is 4.75. The van der Waals surface area contributed by atoms with Gasteiger partial charge in [0.25, 0.3) is 0 Å². The van der Waals surface area contributed by atoms with E-state index < -0.39 is 5.78 Å². The van der Waals surface area contributed by atoms with Crippen LogP contribution >= 0.6 is 0 Å². The number of ether oxygens (including phenoxy) is 2. The van der Waals surface area contributed by atoms with E-state index in [2.05, 4.69) is 0 Å². The zero-order valence-corrected chi connectivity index (χ0v) is 12.6. The molecule has 0 bridgehead atoms. The van der Waals surface area contributed by atoms with Crippen molar-refractivity contribution in [3.8, 4) is 23.0 Å². The maximum absolute atomic E-state index is 12.3. The zero-order chi connectivity index (χ0) is 17.0. The molecule has 0 aromatic heterocycles. The first kappa shape index (κ1) is 16.2. The molecule has 0 spiro atoms. The number of hydrogen-bond acceptors (Lipinski definition) is 6. The fourth-order valence-corrected chi connectivity index (χ4v) is 2.01. The number of phenolic OH excluding ortho intramolecular Hbond substituents is 2. The molecule has 0 atom stereocenters. The number of ketones is 1. The van der Waals surface area contributed by atoms with E-state index in [0.717, 1.165) is 6.08 Å². The van der Waals surface area contributed by atoms with Crippen LogP contribution in [0.15, 0.2) is 42.5 Å². The van der Waals surface area contributed by atoms with Gasteiger partial charge in [-0.1, -0.05) is 0 Å². The van der Waals surface area contributed by atoms with Gasteiger partial charge in [0.05, 0.1) is 14.2 Å². The molecule has 0 aliphatic heterocycles. The molecular weight excluding hydrogens is 300 g/mol. The lowest BCUT2D eigenvalue weighted by Gasteiger charge is -2.10. The molecule has 23 heavy (non-hydrogen) atoms. The molecule has 6 heteroatoms. The molecule has 0 saturated heterocycles. The number of aliphatic hydroxyl groups is 1. The minimum absolute atomic E-state index is 0.0438. The number of methoxy groups -OCH3 is 2. The standard InChI is InChI=1S/C17H16O6/c1-22-12-7-14(20)17(16(8-12)23-2)15(21)9-13(19)10-3-5-11(18)6-4-10/h3-9,18-20H,1-2H3. The van der Waals surface area contributed by atoms with Gasteiger partial charge < -0.3 is 24.8 Å². The van der Waals surface area contributed by atoms with Crippen LogP contribution in [-0.2, 0) is 0 Å². The predicted molar refractivity (Wildman–Crippen MR) is 84.3 cm³/mol. The summed E-state index contributed by atoms with van der Waals surface area (Å²) in [5.74, 6) is -0.743. The van der Waals surface area contributed by atoms with E-state index in [1.165, 1.54) is 50.6 Å². The van der Waals surface area contributed by atoms with Crippen LogP contribution in [0.3, 0.4) is 0 Å². The lowest BCUT2D eigenvalue weighted by atomic mass is 10.1. The van der Waals surface area contributed by atoms with Crippen molar-refractivity contribution in [1.29, 1.82) is 0 Å². The Hall–Kier alpha value is -3.15. The van der Waals surface area contributed by atoms with Gasteiger partial charge in [0.15, 0.2) is 5.78 Å². The Labute approximate surface area is 132 Å². The van der Waals surface area contributed by atoms with Gasteiger partial charge in [0, 0.05) is 23.8 Å². The first-order valence-corrected chi connectivity index (χ1v) is 6.65. The third-order valence-electron chi connectivity index (χ3n) is 3.19. The van der Waals surface area contributed by atoms with Gasteiger partial charge in [-0.15, -0.1) is 0 Å². The summed E-state index contributed by atoms with van der Waals surface area (Å²) in [6.45, 7) is 0. The maximum Gasteiger partial charge on any atom is 0.197 e. The second-order valence-corrected chi connectivity index (χ2v) is 4.66. The molecule has 0 saturated carbocycles. The number of aromatic hydroxyl groups is 2. The summed E-state index contributed by atoms with van der Waals surface area (Å²) in [6, 6.07) is 8.42. The van der Waals surface area contributed by atoms with Crippen molar-refractivity contribution in [2.24, 2.45) is 0 Å². The van der Waals surface area contributed by atoms with Crippen molar-refractivity contribution in [1.82, 2.24) is 0 Å². The maximum atomic E-state index is 12.3. The van der Waals surface area contributed by atoms with Crippen LogP contribution in [0.25, 0.3) is 5.76 Å². The molecule has 0 radical (unpaired) electrons. The van der Waals surface area contributed by atoms with Crippen molar-refractivity contribution in [2.75, 3.05) is 14.2 Å². The Bertz CT molecular complexity index is 746. The Morgan fingerprint density at radius 1 is 1.04 bits per heavy atom. The summed E-state index contributed by atoms with van der Waals surface area (Å²) in [6.07, 6.45) is 0.969. The third-order valence-corrected chi connectivity index (χ3v) is 3.19. The number of carbonyl (C=O) groups excluding carboxylic acids is 1. The topological polar surface area (TPSA) is 96.2 Å². The Morgan fingerprint density at radius 3 is 2.26 bits per heavy atom. The van der Waals surface area contributed by atoms with Crippen molar-refractivity contribution in [2.45, 2.75) is 0 Å². The summed E-state index contributed by atoms with van der Waals surface area (Å²) in [5.41, 5.74) is 0.266. The summed E-state index contributed by atoms with van der Waals surface area (Å²) >= 11 is 0. The third kappa shape index (κ3) is 3.55. The molecular formula is C17H16O6. The van der Waals surface area contributed by atoms with Crippen LogP contribution < -0.4 is 9.47 Å². The van der Waals surface area contributed by atoms with Crippen LogP contribution in [0.2, 0.25) is 0 Å². The largest absolute Gasteiger partial charge is 0.508 e. The molecule has 0 unspecified atom stereocenters. The van der Waals surface area contributed by atoms with Gasteiger partial charge in [-0.25, -0.2) is 0 Å². The van der Waals surface area contributed by atoms with E-state index >= 15 is 0 Å². The first-order chi connectivity index (χ1) is 11.0. The molecule has 120 valence electrons. The summed E-state index contributed by atoms with van der Waals surface area (Å²) in [7, 11) is 2.78. The highest BCUT2D eigenvalue weighted by Crippen LogP contribution is 2.34. The molecule has 2 rings (SSSR count). The zero-order valence-electron chi connectivity index (χ0n) is 12.6. The molecule has 2 aromatic rings. The lowest BCUT2D eigenvalue weighted by Crippen LogP contribution is -2.02. The molecule has 0 fully saturated rings. The summed E-state index contributed by atoms with van der Waals surface area (Å²) < 4.78 is 10.1. The van der Waals surface area contributed by atoms with E-state index in [1.807, 2.05) is 0 Å². The van der Waals surface area contributed by atoms with Gasteiger partial charge in [-0.3, -0.25) is 4.79 Å². The van der Waals surface area contributed by atoms with E-state index in [9.17, 15) is 20.1 Å². The van der Waals surface area contributed by atoms with Crippen LogP contribution in [0.5, 0.6) is 23.0 Å². The van der Waals surface area contributed by atoms with Gasteiger partial charge in [-0.2, -0.15) is 0 Å². The molecule has 0 aliphatic rings. The molecule has 0 amide bonds. The first-order valence-electron chi connectivity index (χ1n) is 6.65. The number of benzene rings is 2. The van der Waals surface area contributed by atoms with Crippen molar-refractivity contribution in [3.05, 3.63) is 53.6 Å². The molecule has 0 aliphatic carbocycles. The lowest BCUT2D eigenvalue weighted by molar-refractivity contribution is 0.104. The van der Waals surface area contributed by atoms with E-state index in [4.69, 9.17) is 9.47 Å². The fraction of sp³-hybridized carbons (Fsp3) is 0.118. The molecule has 2 aromatic carbocycles. The smallest absolute Gasteiger partial charge is 0.197 e. The second kappa shape index (κ2) is 6.74. The number of allylic oxidation sites excluding steroid dienone is 1.